The summed E-state index contributed by atoms with van der Waals surface area (Å²) >= 11 is 0. The third-order valence-electron chi connectivity index (χ3n) is 5.02. The number of hydrogen-bond acceptors (Lipinski definition) is 7. The molecule has 166 valence electrons. The highest BCUT2D eigenvalue weighted by atomic mass is 16.6. The summed E-state index contributed by atoms with van der Waals surface area (Å²) in [6.07, 6.45) is -0.944. The third kappa shape index (κ3) is 4.97. The number of nitro groups is 1. The van der Waals surface area contributed by atoms with Gasteiger partial charge in [0, 0.05) is 18.1 Å². The highest BCUT2D eigenvalue weighted by molar-refractivity contribution is 6.01. The average Bonchev–Trinajstić information content (AvgIpc) is 3.17. The minimum absolute atomic E-state index is 0.167. The molecule has 0 unspecified atom stereocenters. The Morgan fingerprint density at radius 2 is 1.81 bits per heavy atom. The molecule has 32 heavy (non-hydrogen) atoms. The Morgan fingerprint density at radius 1 is 1.16 bits per heavy atom. The van der Waals surface area contributed by atoms with Crippen LogP contribution < -0.4 is 5.43 Å². The molecule has 10 nitrogen and oxygen atoms in total. The summed E-state index contributed by atoms with van der Waals surface area (Å²) < 4.78 is 5.37. The molecule has 1 N–H and O–H groups in total. The number of benzene rings is 2. The van der Waals surface area contributed by atoms with Crippen molar-refractivity contribution in [2.45, 2.75) is 25.9 Å². The predicted molar refractivity (Wildman–Crippen MR) is 111 cm³/mol. The maximum absolute atomic E-state index is 12.6. The van der Waals surface area contributed by atoms with Crippen LogP contribution in [0.2, 0.25) is 0 Å². The number of para-hydroxylation sites is 1. The molecule has 0 aliphatic carbocycles. The topological polar surface area (TPSA) is 136 Å². The maximum atomic E-state index is 12.6. The van der Waals surface area contributed by atoms with Crippen LogP contribution in [0.4, 0.5) is 5.69 Å². The second-order valence-electron chi connectivity index (χ2n) is 7.18. The molecule has 0 bridgehead atoms. The van der Waals surface area contributed by atoms with Crippen molar-refractivity contribution in [3.05, 3.63) is 75.8 Å². The van der Waals surface area contributed by atoms with Gasteiger partial charge in [0.05, 0.1) is 17.4 Å². The lowest BCUT2D eigenvalue weighted by molar-refractivity contribution is -0.385. The molecule has 2 aromatic rings. The number of carbonyl (C=O) groups excluding carboxylic acids is 4. The molecule has 2 aromatic carbocycles. The summed E-state index contributed by atoms with van der Waals surface area (Å²) in [4.78, 5) is 60.3. The van der Waals surface area contributed by atoms with Gasteiger partial charge in [-0.2, -0.15) is 0 Å². The van der Waals surface area contributed by atoms with Gasteiger partial charge in [-0.1, -0.05) is 49.4 Å². The number of ether oxygens (including phenoxy) is 1. The fourth-order valence-corrected chi connectivity index (χ4v) is 3.33. The number of amides is 2. The summed E-state index contributed by atoms with van der Waals surface area (Å²) in [6, 6.07) is 13.7. The Kier molecular flexibility index (Phi) is 6.93. The van der Waals surface area contributed by atoms with E-state index in [-0.39, 0.29) is 30.7 Å². The van der Waals surface area contributed by atoms with Crippen molar-refractivity contribution in [1.29, 1.82) is 0 Å². The van der Waals surface area contributed by atoms with Crippen molar-refractivity contribution in [3.8, 4) is 0 Å². The molecule has 10 heteroatoms. The molecule has 0 aromatic heterocycles. The normalized spacial score (nSPS) is 16.3. The zero-order chi connectivity index (χ0) is 23.3. The number of nitrogens with one attached hydrogen (secondary N) is 1. The van der Waals surface area contributed by atoms with Gasteiger partial charge in [-0.3, -0.25) is 39.7 Å². The highest BCUT2D eigenvalue weighted by Crippen LogP contribution is 2.22. The van der Waals surface area contributed by atoms with Gasteiger partial charge < -0.3 is 4.74 Å². The summed E-state index contributed by atoms with van der Waals surface area (Å²) in [5, 5.41) is 12.0. The molecule has 0 spiro atoms. The lowest BCUT2D eigenvalue weighted by Gasteiger charge is -2.19. The van der Waals surface area contributed by atoms with E-state index in [2.05, 4.69) is 5.43 Å². The van der Waals surface area contributed by atoms with Gasteiger partial charge >= 0.3 is 5.97 Å². The Labute approximate surface area is 183 Å². The summed E-state index contributed by atoms with van der Waals surface area (Å²) in [6.45, 7) is 1.54. The summed E-state index contributed by atoms with van der Waals surface area (Å²) in [5.74, 6) is -3.33. The van der Waals surface area contributed by atoms with Crippen LogP contribution in [-0.2, 0) is 14.3 Å². The molecule has 1 saturated heterocycles. The molecule has 1 aliphatic rings. The van der Waals surface area contributed by atoms with Gasteiger partial charge in [-0.05, 0) is 12.5 Å². The van der Waals surface area contributed by atoms with E-state index in [0.29, 0.717) is 5.56 Å². The highest BCUT2D eigenvalue weighted by Gasteiger charge is 2.38. The molecule has 2 atom stereocenters. The molecule has 0 radical (unpaired) electrons. The van der Waals surface area contributed by atoms with E-state index >= 15 is 0 Å². The zero-order valence-electron chi connectivity index (χ0n) is 17.2. The lowest BCUT2D eigenvalue weighted by Crippen LogP contribution is -2.43. The Hall–Kier alpha value is -4.08. The van der Waals surface area contributed by atoms with Gasteiger partial charge in [-0.15, -0.1) is 0 Å². The second kappa shape index (κ2) is 9.82. The Balaban J connectivity index is 1.63. The number of Topliss-reactive ketones (excluding diaryl/α,β-unsaturated/α-hetero) is 1. The SMILES string of the molecule is CC[C@@H](OC(=O)[C@H]1CC(=O)N(NC(=O)c2ccccc2[N+](=O)[O-])C1)C(=O)c1ccccc1. The average molecular weight is 439 g/mol. The molecule has 3 rings (SSSR count). The number of carbonyl (C=O) groups is 4. The van der Waals surface area contributed by atoms with E-state index in [1.807, 2.05) is 0 Å². The molecule has 1 aliphatic heterocycles. The van der Waals surface area contributed by atoms with E-state index in [1.165, 1.54) is 24.3 Å². The number of nitrogens with zero attached hydrogens (tertiary/aromatic N) is 2. The van der Waals surface area contributed by atoms with Crippen LogP contribution in [0.5, 0.6) is 0 Å². The quantitative estimate of drug-likeness (QED) is 0.288. The molecule has 1 fully saturated rings. The van der Waals surface area contributed by atoms with Gasteiger partial charge in [0.1, 0.15) is 5.56 Å². The molecule has 2 amide bonds. The number of nitro benzene ring substituents is 1. The maximum Gasteiger partial charge on any atom is 0.312 e. The van der Waals surface area contributed by atoms with E-state index in [4.69, 9.17) is 4.74 Å². The largest absolute Gasteiger partial charge is 0.454 e. The molecular formula is C22H21N3O7. The van der Waals surface area contributed by atoms with Crippen molar-refractivity contribution in [3.63, 3.8) is 0 Å². The first-order valence-corrected chi connectivity index (χ1v) is 9.96. The number of rotatable bonds is 8. The smallest absolute Gasteiger partial charge is 0.312 e. The van der Waals surface area contributed by atoms with Crippen molar-refractivity contribution in [2.24, 2.45) is 5.92 Å². The number of hydrazine groups is 1. The van der Waals surface area contributed by atoms with Gasteiger partial charge in [0.15, 0.2) is 6.10 Å². The van der Waals surface area contributed by atoms with E-state index in [0.717, 1.165) is 5.01 Å². The molecule has 0 saturated carbocycles. The molecular weight excluding hydrogens is 418 g/mol. The van der Waals surface area contributed by atoms with E-state index in [1.54, 1.807) is 37.3 Å². The summed E-state index contributed by atoms with van der Waals surface area (Å²) in [5.41, 5.74) is 2.10. The Morgan fingerprint density at radius 3 is 2.47 bits per heavy atom. The minimum atomic E-state index is -0.990. The fourth-order valence-electron chi connectivity index (χ4n) is 3.33. The van der Waals surface area contributed by atoms with Crippen molar-refractivity contribution >= 4 is 29.3 Å². The minimum Gasteiger partial charge on any atom is -0.454 e. The monoisotopic (exact) mass is 439 g/mol. The van der Waals surface area contributed by atoms with Crippen LogP contribution >= 0.6 is 0 Å². The number of esters is 1. The van der Waals surface area contributed by atoms with Crippen molar-refractivity contribution in [1.82, 2.24) is 10.4 Å². The van der Waals surface area contributed by atoms with Crippen LogP contribution in [0, 0.1) is 16.0 Å². The molecule has 1 heterocycles. The van der Waals surface area contributed by atoms with Crippen LogP contribution in [0.15, 0.2) is 54.6 Å². The number of ketones is 1. The summed E-state index contributed by atoms with van der Waals surface area (Å²) in [7, 11) is 0. The number of hydrogen-bond donors (Lipinski definition) is 1. The van der Waals surface area contributed by atoms with Crippen LogP contribution in [0.1, 0.15) is 40.5 Å². The van der Waals surface area contributed by atoms with Gasteiger partial charge in [0.2, 0.25) is 11.7 Å². The first-order chi connectivity index (χ1) is 15.3. The first-order valence-electron chi connectivity index (χ1n) is 9.96. The Bertz CT molecular complexity index is 1050. The van der Waals surface area contributed by atoms with E-state index < -0.39 is 40.4 Å². The standard InChI is InChI=1S/C22H21N3O7/c1-2-18(20(27)14-8-4-3-5-9-14)32-22(29)15-12-19(26)24(13-15)23-21(28)16-10-6-7-11-17(16)25(30)31/h3-11,15,18H,2,12-13H2,1H3,(H,23,28)/t15-,18+/m0/s1. The third-order valence-corrected chi connectivity index (χ3v) is 5.02. The second-order valence-corrected chi connectivity index (χ2v) is 7.18. The van der Waals surface area contributed by atoms with Crippen molar-refractivity contribution in [2.75, 3.05) is 6.54 Å². The van der Waals surface area contributed by atoms with Crippen LogP contribution in [0.25, 0.3) is 0 Å². The van der Waals surface area contributed by atoms with Crippen LogP contribution in [0.3, 0.4) is 0 Å². The fraction of sp³-hybridized carbons (Fsp3) is 0.273. The lowest BCUT2D eigenvalue weighted by atomic mass is 10.0. The van der Waals surface area contributed by atoms with Crippen LogP contribution in [-0.4, -0.2) is 46.1 Å². The van der Waals surface area contributed by atoms with Crippen molar-refractivity contribution < 1.29 is 28.8 Å². The first kappa shape index (κ1) is 22.6. The van der Waals surface area contributed by atoms with Gasteiger partial charge in [-0.25, -0.2) is 0 Å². The van der Waals surface area contributed by atoms with Gasteiger partial charge in [0.25, 0.3) is 11.6 Å². The van der Waals surface area contributed by atoms with E-state index in [9.17, 15) is 29.3 Å². The predicted octanol–water partition coefficient (Wildman–Crippen LogP) is 2.29. The zero-order valence-corrected chi connectivity index (χ0v) is 17.2.